The summed E-state index contributed by atoms with van der Waals surface area (Å²) in [5.41, 5.74) is 6.60. The molecule has 0 bridgehead atoms. The van der Waals surface area contributed by atoms with Crippen LogP contribution in [-0.4, -0.2) is 99.7 Å². The Bertz CT molecular complexity index is 1990. The summed E-state index contributed by atoms with van der Waals surface area (Å²) in [5, 5.41) is 30.4. The van der Waals surface area contributed by atoms with E-state index in [1.165, 1.54) is 31.6 Å². The first-order valence-electron chi connectivity index (χ1n) is 18.4. The first kappa shape index (κ1) is 43.5. The fraction of sp³-hybridized carbons (Fsp3) is 0.500. The number of hydrogen-bond acceptors (Lipinski definition) is 13. The number of aliphatic imine (C=N–C) groups is 1. The maximum Gasteiger partial charge on any atom is 0.366 e. The van der Waals surface area contributed by atoms with Crippen molar-refractivity contribution in [2.24, 2.45) is 15.9 Å². The van der Waals surface area contributed by atoms with Gasteiger partial charge in [0.15, 0.2) is 11.8 Å². The fourth-order valence-corrected chi connectivity index (χ4v) is 7.14. The SMILES string of the molecule is C=C(C)N[C@@H]1CCC(C)=C[C@H]1c1c(O)cc(CCCCC)cc1OCN(C)C/C=C1\[C@H](NC(=O)/C(=N\OC(C)(C)C(=O)O)C2=CCC(N)=N2)C(=O)N1S(=O)(=O)O. The van der Waals surface area contributed by atoms with E-state index < -0.39 is 45.4 Å². The molecule has 56 heavy (non-hydrogen) atoms. The van der Waals surface area contributed by atoms with E-state index in [9.17, 15) is 37.6 Å². The number of aryl methyl sites for hydroxylation is 1. The van der Waals surface area contributed by atoms with E-state index in [0.717, 1.165) is 49.8 Å². The third-order valence-corrected chi connectivity index (χ3v) is 10.3. The van der Waals surface area contributed by atoms with Crippen LogP contribution in [-0.2, 0) is 35.9 Å². The minimum absolute atomic E-state index is 0.0242. The molecule has 0 unspecified atom stereocenters. The number of aliphatic carboxylic acids is 1. The summed E-state index contributed by atoms with van der Waals surface area (Å²) in [6, 6.07) is 2.12. The normalized spacial score (nSPS) is 20.9. The number of β-lactam (4-membered cyclic amide) rings is 1. The molecule has 0 radical (unpaired) electrons. The van der Waals surface area contributed by atoms with Crippen LogP contribution in [0.15, 0.2) is 69.8 Å². The molecule has 1 aromatic carbocycles. The lowest BCUT2D eigenvalue weighted by atomic mass is 9.80. The molecule has 7 N–H and O–H groups in total. The van der Waals surface area contributed by atoms with Gasteiger partial charge in [-0.1, -0.05) is 43.1 Å². The van der Waals surface area contributed by atoms with Crippen LogP contribution in [0.25, 0.3) is 0 Å². The van der Waals surface area contributed by atoms with E-state index in [0.29, 0.717) is 11.3 Å². The molecule has 2 amide bonds. The molecule has 306 valence electrons. The van der Waals surface area contributed by atoms with Crippen molar-refractivity contribution in [3.63, 3.8) is 0 Å². The van der Waals surface area contributed by atoms with Crippen LogP contribution < -0.4 is 21.1 Å². The second-order valence-electron chi connectivity index (χ2n) is 14.8. The number of ether oxygens (including phenoxy) is 1. The predicted octanol–water partition coefficient (Wildman–Crippen LogP) is 3.60. The highest BCUT2D eigenvalue weighted by atomic mass is 32.2. The Labute approximate surface area is 327 Å². The summed E-state index contributed by atoms with van der Waals surface area (Å²) in [7, 11) is -3.40. The Hall–Kier alpha value is -5.20. The second-order valence-corrected chi connectivity index (χ2v) is 16.0. The van der Waals surface area contributed by atoms with Crippen LogP contribution in [0.1, 0.15) is 90.2 Å². The number of aromatic hydroxyl groups is 1. The minimum Gasteiger partial charge on any atom is -0.507 e. The van der Waals surface area contributed by atoms with Crippen molar-refractivity contribution in [2.45, 2.75) is 103 Å². The zero-order valence-electron chi connectivity index (χ0n) is 32.7. The highest BCUT2D eigenvalue weighted by Crippen LogP contribution is 2.43. The Morgan fingerprint density at radius 1 is 1.25 bits per heavy atom. The van der Waals surface area contributed by atoms with Gasteiger partial charge in [0.2, 0.25) is 5.60 Å². The number of nitrogens with zero attached hydrogens (tertiary/aromatic N) is 4. The van der Waals surface area contributed by atoms with Gasteiger partial charge in [0, 0.05) is 36.2 Å². The lowest BCUT2D eigenvalue weighted by molar-refractivity contribution is -0.161. The zero-order valence-corrected chi connectivity index (χ0v) is 33.5. The summed E-state index contributed by atoms with van der Waals surface area (Å²) >= 11 is 0. The minimum atomic E-state index is -5.08. The number of likely N-dealkylation sites (N-methyl/N-ethyl adjacent to an activating group) is 1. The summed E-state index contributed by atoms with van der Waals surface area (Å²) in [6.45, 7) is 12.4. The van der Waals surface area contributed by atoms with Crippen molar-refractivity contribution in [1.29, 1.82) is 0 Å². The van der Waals surface area contributed by atoms with Gasteiger partial charge in [0.25, 0.3) is 11.8 Å². The Morgan fingerprint density at radius 3 is 2.57 bits per heavy atom. The Kier molecular flexibility index (Phi) is 14.1. The number of amides is 2. The molecule has 3 aliphatic rings. The predicted molar refractivity (Wildman–Crippen MR) is 210 cm³/mol. The van der Waals surface area contributed by atoms with Gasteiger partial charge in [-0.2, -0.15) is 12.7 Å². The zero-order chi connectivity index (χ0) is 41.5. The van der Waals surface area contributed by atoms with Crippen molar-refractivity contribution in [3.8, 4) is 11.5 Å². The number of nitrogens with one attached hydrogen (secondary N) is 2. The number of carbonyl (C=O) groups excluding carboxylic acids is 2. The molecule has 1 saturated heterocycles. The number of carboxylic acids is 1. The maximum absolute atomic E-state index is 13.5. The number of amidine groups is 1. The van der Waals surface area contributed by atoms with Gasteiger partial charge in [0.1, 0.15) is 24.1 Å². The van der Waals surface area contributed by atoms with E-state index in [-0.39, 0.29) is 58.9 Å². The first-order valence-corrected chi connectivity index (χ1v) is 19.7. The van der Waals surface area contributed by atoms with Crippen LogP contribution in [0.4, 0.5) is 0 Å². The summed E-state index contributed by atoms with van der Waals surface area (Å²) in [5.74, 6) is -3.08. The average molecular weight is 800 g/mol. The fourth-order valence-electron chi connectivity index (χ4n) is 6.36. The molecule has 1 aromatic rings. The van der Waals surface area contributed by atoms with Crippen molar-refractivity contribution < 1.29 is 47.1 Å². The molecule has 0 saturated carbocycles. The lowest BCUT2D eigenvalue weighted by Gasteiger charge is -2.38. The number of carboxylic acid groups (broad SMARTS) is 1. The molecule has 0 aromatic heterocycles. The molecule has 1 fully saturated rings. The summed E-state index contributed by atoms with van der Waals surface area (Å²) in [4.78, 5) is 48.9. The number of unbranched alkanes of at least 4 members (excludes halogenated alkanes) is 2. The van der Waals surface area contributed by atoms with Crippen molar-refractivity contribution in [3.05, 3.63) is 70.7 Å². The van der Waals surface area contributed by atoms with Crippen LogP contribution in [0.3, 0.4) is 0 Å². The van der Waals surface area contributed by atoms with Gasteiger partial charge in [0.05, 0.1) is 11.4 Å². The smallest absolute Gasteiger partial charge is 0.366 e. The van der Waals surface area contributed by atoms with Gasteiger partial charge < -0.3 is 36.2 Å². The van der Waals surface area contributed by atoms with E-state index in [2.05, 4.69) is 47.3 Å². The Morgan fingerprint density at radius 2 is 1.96 bits per heavy atom. The molecule has 2 aliphatic heterocycles. The maximum atomic E-state index is 13.5. The molecule has 0 spiro atoms. The number of allylic oxidation sites excluding steroid dienone is 2. The van der Waals surface area contributed by atoms with Gasteiger partial charge in [-0.25, -0.2) is 9.79 Å². The van der Waals surface area contributed by atoms with Crippen molar-refractivity contribution in [1.82, 2.24) is 19.8 Å². The monoisotopic (exact) mass is 799 g/mol. The van der Waals surface area contributed by atoms with Crippen LogP contribution in [0.5, 0.6) is 11.5 Å². The standard InChI is InChI=1S/C38H53N7O10S/c1-8-9-10-11-24-19-29(46)32(25-18-23(4)12-13-26(25)40-22(2)3)30(20-24)54-21-44(7)17-16-28-34(36(48)45(28)56(51,52)53)42-35(47)33(27-14-15-31(39)41-27)43-55-38(5,6)37(49)50/h14,16,18-20,25-26,34,40,46H,2,8-13,15,17,21H2,1,3-7H3,(H2,39,41)(H,42,47)(H,49,50)(H,51,52,53)/b28-16+,43-33-/t25-,26-,34+/m1/s1. The second kappa shape index (κ2) is 18.2. The molecule has 4 rings (SSSR count). The topological polar surface area (TPSA) is 246 Å². The largest absolute Gasteiger partial charge is 0.507 e. The van der Waals surface area contributed by atoms with Gasteiger partial charge in [-0.05, 0) is 90.3 Å². The molecule has 3 atom stereocenters. The van der Waals surface area contributed by atoms with E-state index in [1.54, 1.807) is 18.0 Å². The average Bonchev–Trinajstić information content (AvgIpc) is 3.53. The molecular weight excluding hydrogens is 747 g/mol. The lowest BCUT2D eigenvalue weighted by Crippen LogP contribution is -2.64. The number of hydrogen-bond donors (Lipinski definition) is 6. The number of nitrogens with two attached hydrogens (primary N) is 1. The van der Waals surface area contributed by atoms with E-state index in [4.69, 9.17) is 15.3 Å². The third kappa shape index (κ3) is 10.8. The number of phenolic OH excluding ortho intramolecular Hbond substituents is 1. The molecular formula is C38H53N7O10S. The van der Waals surface area contributed by atoms with Crippen molar-refractivity contribution in [2.75, 3.05) is 20.3 Å². The number of carbonyl (C=O) groups is 3. The van der Waals surface area contributed by atoms with E-state index in [1.807, 2.05) is 13.0 Å². The first-order chi connectivity index (χ1) is 26.2. The van der Waals surface area contributed by atoms with Crippen LogP contribution >= 0.6 is 0 Å². The number of benzene rings is 1. The molecule has 2 heterocycles. The van der Waals surface area contributed by atoms with Crippen molar-refractivity contribution >= 4 is 39.6 Å². The molecule has 1 aliphatic carbocycles. The van der Waals surface area contributed by atoms with Gasteiger partial charge >= 0.3 is 16.3 Å². The van der Waals surface area contributed by atoms with Crippen LogP contribution in [0.2, 0.25) is 0 Å². The molecule has 18 heteroatoms. The third-order valence-electron chi connectivity index (χ3n) is 9.40. The molecule has 17 nitrogen and oxygen atoms in total. The van der Waals surface area contributed by atoms with Crippen LogP contribution in [0, 0.1) is 0 Å². The highest BCUT2D eigenvalue weighted by Gasteiger charge is 2.50. The Balaban J connectivity index is 1.59. The number of phenols is 1. The highest BCUT2D eigenvalue weighted by molar-refractivity contribution is 7.84. The van der Waals surface area contributed by atoms with Gasteiger partial charge in [-0.3, -0.25) is 19.0 Å². The number of rotatable bonds is 19. The quantitative estimate of drug-likeness (QED) is 0.0223. The summed E-state index contributed by atoms with van der Waals surface area (Å²) < 4.78 is 40.8. The number of oxime groups is 1. The van der Waals surface area contributed by atoms with E-state index >= 15 is 0 Å². The summed E-state index contributed by atoms with van der Waals surface area (Å²) in [6.07, 6.45) is 10.5. The van der Waals surface area contributed by atoms with Gasteiger partial charge in [-0.15, -0.1) is 0 Å².